The predicted molar refractivity (Wildman–Crippen MR) is 30.9 cm³/mol. The van der Waals surface area contributed by atoms with Crippen LogP contribution in [0.4, 0.5) is 0 Å². The van der Waals surface area contributed by atoms with E-state index in [4.69, 9.17) is 0 Å². The SMILES string of the molecule is CC(=O)NCC[S-]. The second kappa shape index (κ2) is 3.99. The Hall–Kier alpha value is -0.180. The van der Waals surface area contributed by atoms with Crippen LogP contribution in [-0.4, -0.2) is 18.2 Å². The molecule has 1 N–H and O–H groups in total. The molecule has 7 heavy (non-hydrogen) atoms. The van der Waals surface area contributed by atoms with E-state index in [1.807, 2.05) is 0 Å². The third-order valence-electron chi connectivity index (χ3n) is 0.476. The average molecular weight is 118 g/mol. The smallest absolute Gasteiger partial charge is 0.216 e. The van der Waals surface area contributed by atoms with Crippen LogP contribution < -0.4 is 5.32 Å². The third kappa shape index (κ3) is 5.82. The molecule has 0 spiro atoms. The molecule has 0 rings (SSSR count). The quantitative estimate of drug-likeness (QED) is 0.503. The summed E-state index contributed by atoms with van der Waals surface area (Å²) in [5.74, 6) is 0.587. The zero-order chi connectivity index (χ0) is 5.70. The van der Waals surface area contributed by atoms with Crippen LogP contribution in [0.1, 0.15) is 6.92 Å². The van der Waals surface area contributed by atoms with Crippen LogP contribution in [0.15, 0.2) is 0 Å². The molecule has 0 heterocycles. The number of nitrogens with one attached hydrogen (secondary N) is 1. The Bertz CT molecular complexity index is 64.7. The van der Waals surface area contributed by atoms with Crippen LogP contribution >= 0.6 is 0 Å². The minimum atomic E-state index is -0.00940. The molecule has 0 aliphatic heterocycles. The number of carbonyl (C=O) groups is 1. The lowest BCUT2D eigenvalue weighted by Gasteiger charge is -2.01. The molecule has 0 aromatic heterocycles. The summed E-state index contributed by atoms with van der Waals surface area (Å²) in [5.41, 5.74) is 0. The van der Waals surface area contributed by atoms with Gasteiger partial charge in [0, 0.05) is 6.92 Å². The summed E-state index contributed by atoms with van der Waals surface area (Å²) in [6, 6.07) is 0. The van der Waals surface area contributed by atoms with Crippen LogP contribution in [0.2, 0.25) is 0 Å². The lowest BCUT2D eigenvalue weighted by molar-refractivity contribution is -0.118. The first-order valence-electron chi connectivity index (χ1n) is 2.10. The summed E-state index contributed by atoms with van der Waals surface area (Å²) < 4.78 is 0. The van der Waals surface area contributed by atoms with E-state index < -0.39 is 0 Å². The molecular formula is C4H8NOS-. The zero-order valence-electron chi connectivity index (χ0n) is 4.23. The number of amides is 1. The van der Waals surface area contributed by atoms with Gasteiger partial charge in [0.25, 0.3) is 0 Å². The molecule has 0 saturated carbocycles. The highest BCUT2D eigenvalue weighted by molar-refractivity contribution is 7.58. The fourth-order valence-electron chi connectivity index (χ4n) is 0.227. The van der Waals surface area contributed by atoms with Crippen LogP contribution in [0.3, 0.4) is 0 Å². The first-order chi connectivity index (χ1) is 3.27. The van der Waals surface area contributed by atoms with E-state index in [9.17, 15) is 4.79 Å². The van der Waals surface area contributed by atoms with Crippen molar-refractivity contribution in [2.75, 3.05) is 12.3 Å². The Labute approximate surface area is 48.7 Å². The molecule has 3 heteroatoms. The molecule has 0 saturated heterocycles. The van der Waals surface area contributed by atoms with Gasteiger partial charge in [-0.15, -0.1) is 0 Å². The Balaban J connectivity index is 2.82. The molecule has 0 unspecified atom stereocenters. The maximum absolute atomic E-state index is 10.0. The lowest BCUT2D eigenvalue weighted by atomic mass is 10.6. The molecular weight excluding hydrogens is 110 g/mol. The number of carbonyl (C=O) groups excluding carboxylic acids is 1. The second-order valence-corrected chi connectivity index (χ2v) is 1.60. The van der Waals surface area contributed by atoms with Crippen molar-refractivity contribution in [2.45, 2.75) is 6.92 Å². The van der Waals surface area contributed by atoms with E-state index in [0.717, 1.165) is 0 Å². The Morgan fingerprint density at radius 1 is 1.86 bits per heavy atom. The van der Waals surface area contributed by atoms with Crippen LogP contribution in [0.25, 0.3) is 0 Å². The fourth-order valence-corrected chi connectivity index (χ4v) is 0.329. The predicted octanol–water partition coefficient (Wildman–Crippen LogP) is -0.331. The van der Waals surface area contributed by atoms with Crippen molar-refractivity contribution in [3.63, 3.8) is 0 Å². The van der Waals surface area contributed by atoms with Crippen molar-refractivity contribution in [3.8, 4) is 0 Å². The Morgan fingerprint density at radius 2 is 2.43 bits per heavy atom. The molecule has 1 amide bonds. The number of rotatable bonds is 2. The van der Waals surface area contributed by atoms with Crippen molar-refractivity contribution in [1.82, 2.24) is 5.32 Å². The van der Waals surface area contributed by atoms with E-state index in [0.29, 0.717) is 12.3 Å². The van der Waals surface area contributed by atoms with Gasteiger partial charge in [-0.3, -0.25) is 4.79 Å². The van der Waals surface area contributed by atoms with Crippen LogP contribution in [0.5, 0.6) is 0 Å². The molecule has 0 aliphatic carbocycles. The molecule has 0 radical (unpaired) electrons. The zero-order valence-corrected chi connectivity index (χ0v) is 5.05. The normalized spacial score (nSPS) is 8.29. The Morgan fingerprint density at radius 3 is 2.57 bits per heavy atom. The van der Waals surface area contributed by atoms with E-state index in [1.165, 1.54) is 6.92 Å². The highest BCUT2D eigenvalue weighted by Crippen LogP contribution is 1.57. The average Bonchev–Trinajstić information content (AvgIpc) is 1.61. The topological polar surface area (TPSA) is 29.1 Å². The number of hydrogen-bond acceptors (Lipinski definition) is 2. The summed E-state index contributed by atoms with van der Waals surface area (Å²) in [7, 11) is 0. The van der Waals surface area contributed by atoms with Gasteiger partial charge in [0.1, 0.15) is 0 Å². The van der Waals surface area contributed by atoms with Gasteiger partial charge < -0.3 is 17.9 Å². The summed E-state index contributed by atoms with van der Waals surface area (Å²) in [6.07, 6.45) is 0. The van der Waals surface area contributed by atoms with E-state index in [-0.39, 0.29) is 5.91 Å². The van der Waals surface area contributed by atoms with E-state index in [2.05, 4.69) is 17.9 Å². The summed E-state index contributed by atoms with van der Waals surface area (Å²) in [5, 5.41) is 2.55. The monoisotopic (exact) mass is 118 g/mol. The molecule has 42 valence electrons. The maximum atomic E-state index is 10.0. The highest BCUT2D eigenvalue weighted by atomic mass is 32.1. The second-order valence-electron chi connectivity index (χ2n) is 1.19. The molecule has 0 atom stereocenters. The van der Waals surface area contributed by atoms with Gasteiger partial charge in [-0.25, -0.2) is 0 Å². The van der Waals surface area contributed by atoms with Gasteiger partial charge in [0.05, 0.1) is 0 Å². The van der Waals surface area contributed by atoms with Crippen molar-refractivity contribution in [1.29, 1.82) is 0 Å². The van der Waals surface area contributed by atoms with Crippen molar-refractivity contribution < 1.29 is 4.79 Å². The molecule has 0 fully saturated rings. The molecule has 0 aromatic rings. The van der Waals surface area contributed by atoms with Crippen LogP contribution in [0, 0.1) is 0 Å². The minimum Gasteiger partial charge on any atom is -0.791 e. The largest absolute Gasteiger partial charge is 0.791 e. The van der Waals surface area contributed by atoms with Crippen LogP contribution in [-0.2, 0) is 17.4 Å². The fraction of sp³-hybridized carbons (Fsp3) is 0.750. The molecule has 0 bridgehead atoms. The summed E-state index contributed by atoms with van der Waals surface area (Å²) in [4.78, 5) is 10.0. The van der Waals surface area contributed by atoms with E-state index >= 15 is 0 Å². The minimum absolute atomic E-state index is 0.00940. The van der Waals surface area contributed by atoms with Gasteiger partial charge in [0.15, 0.2) is 0 Å². The van der Waals surface area contributed by atoms with Crippen molar-refractivity contribution in [3.05, 3.63) is 0 Å². The molecule has 2 nitrogen and oxygen atoms in total. The van der Waals surface area contributed by atoms with Gasteiger partial charge in [0.2, 0.25) is 5.91 Å². The number of hydrogen-bond donors (Lipinski definition) is 1. The van der Waals surface area contributed by atoms with Crippen molar-refractivity contribution >= 4 is 18.5 Å². The highest BCUT2D eigenvalue weighted by Gasteiger charge is 1.80. The van der Waals surface area contributed by atoms with Gasteiger partial charge >= 0.3 is 0 Å². The molecule has 0 aromatic carbocycles. The first kappa shape index (κ1) is 6.82. The third-order valence-corrected chi connectivity index (χ3v) is 0.680. The van der Waals surface area contributed by atoms with Gasteiger partial charge in [-0.05, 0) is 6.54 Å². The van der Waals surface area contributed by atoms with E-state index in [1.54, 1.807) is 0 Å². The summed E-state index contributed by atoms with van der Waals surface area (Å²) >= 11 is 4.56. The standard InChI is InChI=1S/C4H9NOS/c1-4(6)5-2-3-7/h7H,2-3H2,1H3,(H,5,6)/p-1. The lowest BCUT2D eigenvalue weighted by Crippen LogP contribution is -2.22. The first-order valence-corrected chi connectivity index (χ1v) is 2.67. The van der Waals surface area contributed by atoms with Gasteiger partial charge in [-0.1, -0.05) is 0 Å². The molecule has 0 aliphatic rings. The summed E-state index contributed by atoms with van der Waals surface area (Å²) in [6.45, 7) is 2.09. The van der Waals surface area contributed by atoms with Gasteiger partial charge in [-0.2, -0.15) is 5.75 Å². The maximum Gasteiger partial charge on any atom is 0.216 e. The Kier molecular flexibility index (Phi) is 3.89. The van der Waals surface area contributed by atoms with Crippen molar-refractivity contribution in [2.24, 2.45) is 0 Å².